The molecule has 0 N–H and O–H groups in total. The van der Waals surface area contributed by atoms with E-state index in [0.717, 1.165) is 38.8 Å². The molecule has 2 saturated heterocycles. The van der Waals surface area contributed by atoms with Crippen LogP contribution >= 0.6 is 11.8 Å². The van der Waals surface area contributed by atoms with Gasteiger partial charge in [0.1, 0.15) is 4.90 Å². The van der Waals surface area contributed by atoms with Crippen molar-refractivity contribution < 1.29 is 13.2 Å². The Morgan fingerprint density at radius 2 is 1.65 bits per heavy atom. The number of thioether (sulfide) groups is 1. The van der Waals surface area contributed by atoms with Gasteiger partial charge in [0.25, 0.3) is 0 Å². The van der Waals surface area contributed by atoms with Crippen molar-refractivity contribution in [2.24, 2.45) is 0 Å². The fourth-order valence-electron chi connectivity index (χ4n) is 3.45. The van der Waals surface area contributed by atoms with E-state index < -0.39 is 10.0 Å². The fourth-order valence-corrected chi connectivity index (χ4v) is 5.78. The molecule has 2 aliphatic rings. The van der Waals surface area contributed by atoms with E-state index in [1.807, 2.05) is 11.8 Å². The van der Waals surface area contributed by atoms with Crippen LogP contribution in [0, 0.1) is 0 Å². The van der Waals surface area contributed by atoms with Gasteiger partial charge in [0.15, 0.2) is 0 Å². The highest BCUT2D eigenvalue weighted by Crippen LogP contribution is 2.26. The first-order valence-electron chi connectivity index (χ1n) is 9.40. The summed E-state index contributed by atoms with van der Waals surface area (Å²) in [5.74, 6) is 0.146. The number of aromatic nitrogens is 1. The summed E-state index contributed by atoms with van der Waals surface area (Å²) < 4.78 is 26.6. The van der Waals surface area contributed by atoms with Crippen LogP contribution in [-0.2, 0) is 14.8 Å². The first-order chi connectivity index (χ1) is 12.5. The fraction of sp³-hybridized carbons (Fsp3) is 0.667. The van der Waals surface area contributed by atoms with Crippen LogP contribution in [0.15, 0.2) is 28.3 Å². The number of sulfonamides is 1. The number of hydrogen-bond donors (Lipinski definition) is 0. The van der Waals surface area contributed by atoms with Gasteiger partial charge in [-0.3, -0.25) is 4.79 Å². The van der Waals surface area contributed by atoms with E-state index in [9.17, 15) is 13.2 Å². The molecule has 0 spiro atoms. The van der Waals surface area contributed by atoms with E-state index in [1.54, 1.807) is 12.1 Å². The van der Waals surface area contributed by atoms with Crippen molar-refractivity contribution in [1.82, 2.24) is 14.2 Å². The van der Waals surface area contributed by atoms with E-state index >= 15 is 0 Å². The Morgan fingerprint density at radius 3 is 2.23 bits per heavy atom. The zero-order valence-electron chi connectivity index (χ0n) is 15.3. The van der Waals surface area contributed by atoms with Crippen molar-refractivity contribution >= 4 is 27.7 Å². The predicted molar refractivity (Wildman–Crippen MR) is 103 cm³/mol. The first-order valence-corrected chi connectivity index (χ1v) is 11.7. The predicted octanol–water partition coefficient (Wildman–Crippen LogP) is 2.75. The van der Waals surface area contributed by atoms with Gasteiger partial charge in [0.05, 0.1) is 10.3 Å². The second kappa shape index (κ2) is 8.71. The third-order valence-electron chi connectivity index (χ3n) is 4.98. The Morgan fingerprint density at radius 1 is 1.04 bits per heavy atom. The number of carbonyl (C=O) groups is 1. The normalized spacial score (nSPS) is 20.7. The Bertz CT molecular complexity index is 708. The molecule has 0 aliphatic carbocycles. The summed E-state index contributed by atoms with van der Waals surface area (Å²) >= 11 is 1.39. The largest absolute Gasteiger partial charge is 0.342 e. The van der Waals surface area contributed by atoms with Crippen LogP contribution in [0.1, 0.15) is 45.4 Å². The number of nitrogens with zero attached hydrogens (tertiary/aromatic N) is 3. The topological polar surface area (TPSA) is 70.6 Å². The molecule has 6 nitrogen and oxygen atoms in total. The van der Waals surface area contributed by atoms with Crippen LogP contribution in [0.5, 0.6) is 0 Å². The summed E-state index contributed by atoms with van der Waals surface area (Å²) in [5.41, 5.74) is 0. The lowest BCUT2D eigenvalue weighted by atomic mass is 10.2. The van der Waals surface area contributed by atoms with Crippen LogP contribution in [0.25, 0.3) is 0 Å². The number of amides is 1. The molecule has 0 bridgehead atoms. The van der Waals surface area contributed by atoms with Gasteiger partial charge in [-0.15, -0.1) is 0 Å². The van der Waals surface area contributed by atoms with Gasteiger partial charge in [-0.25, -0.2) is 13.4 Å². The van der Waals surface area contributed by atoms with E-state index in [-0.39, 0.29) is 16.1 Å². The number of likely N-dealkylation sites (tertiary alicyclic amines) is 1. The molecule has 1 aromatic heterocycles. The number of carbonyl (C=O) groups excluding carboxylic acids is 1. The third kappa shape index (κ3) is 4.58. The summed E-state index contributed by atoms with van der Waals surface area (Å²) in [6, 6.07) is 3.31. The van der Waals surface area contributed by atoms with Gasteiger partial charge in [0.2, 0.25) is 15.9 Å². The SMILES string of the molecule is C[C@@H](Sc1ccc(S(=O)(=O)N2CCCC2)cn1)C(=O)N1CCCCCC1. The van der Waals surface area contributed by atoms with Crippen LogP contribution in [0.3, 0.4) is 0 Å². The molecule has 26 heavy (non-hydrogen) atoms. The quantitative estimate of drug-likeness (QED) is 0.715. The van der Waals surface area contributed by atoms with Crippen LogP contribution in [0.4, 0.5) is 0 Å². The molecule has 1 atom stereocenters. The highest BCUT2D eigenvalue weighted by molar-refractivity contribution is 8.00. The maximum atomic E-state index is 12.6. The van der Waals surface area contributed by atoms with Crippen molar-refractivity contribution in [2.45, 2.75) is 60.6 Å². The van der Waals surface area contributed by atoms with Gasteiger partial charge in [-0.05, 0) is 44.7 Å². The molecule has 0 aromatic carbocycles. The Balaban J connectivity index is 1.62. The minimum absolute atomic E-state index is 0.146. The van der Waals surface area contributed by atoms with Gasteiger partial charge < -0.3 is 4.90 Å². The van der Waals surface area contributed by atoms with Gasteiger partial charge in [0, 0.05) is 32.4 Å². The molecule has 1 amide bonds. The average molecular weight is 398 g/mol. The van der Waals surface area contributed by atoms with Crippen molar-refractivity contribution in [1.29, 1.82) is 0 Å². The second-order valence-electron chi connectivity index (χ2n) is 6.94. The zero-order chi connectivity index (χ0) is 18.6. The highest BCUT2D eigenvalue weighted by Gasteiger charge is 2.28. The maximum Gasteiger partial charge on any atom is 0.244 e. The number of hydrogen-bond acceptors (Lipinski definition) is 5. The Kier molecular flexibility index (Phi) is 6.58. The van der Waals surface area contributed by atoms with Crippen molar-refractivity contribution in [3.8, 4) is 0 Å². The molecule has 8 heteroatoms. The lowest BCUT2D eigenvalue weighted by Gasteiger charge is -2.23. The lowest BCUT2D eigenvalue weighted by Crippen LogP contribution is -2.37. The minimum atomic E-state index is -3.44. The van der Waals surface area contributed by atoms with Crippen molar-refractivity contribution in [3.05, 3.63) is 18.3 Å². The molecule has 1 aromatic rings. The zero-order valence-corrected chi connectivity index (χ0v) is 16.9. The highest BCUT2D eigenvalue weighted by atomic mass is 32.2. The summed E-state index contributed by atoms with van der Waals surface area (Å²) in [7, 11) is -3.44. The van der Waals surface area contributed by atoms with Gasteiger partial charge >= 0.3 is 0 Å². The second-order valence-corrected chi connectivity index (χ2v) is 10.2. The molecule has 0 unspecified atom stereocenters. The van der Waals surface area contributed by atoms with Crippen molar-refractivity contribution in [3.63, 3.8) is 0 Å². The van der Waals surface area contributed by atoms with E-state index in [0.29, 0.717) is 18.1 Å². The van der Waals surface area contributed by atoms with Crippen LogP contribution in [0.2, 0.25) is 0 Å². The molecular formula is C18H27N3O3S2. The van der Waals surface area contributed by atoms with E-state index in [1.165, 1.54) is 35.1 Å². The summed E-state index contributed by atoms with van der Waals surface area (Å²) in [4.78, 5) is 19.1. The molecule has 2 aliphatic heterocycles. The Hall–Kier alpha value is -1.12. The molecule has 0 saturated carbocycles. The smallest absolute Gasteiger partial charge is 0.244 e. The number of rotatable bonds is 5. The summed E-state index contributed by atoms with van der Waals surface area (Å²) in [6.07, 6.45) is 7.78. The van der Waals surface area contributed by atoms with E-state index in [4.69, 9.17) is 0 Å². The Labute approximate surface area is 160 Å². The monoisotopic (exact) mass is 397 g/mol. The standard InChI is InChI=1S/C18H27N3O3S2/c1-15(18(22)20-10-4-2-3-5-11-20)25-17-9-8-16(14-19-17)26(23,24)21-12-6-7-13-21/h8-9,14-15H,2-7,10-13H2,1H3/t15-/m1/s1. The molecule has 0 radical (unpaired) electrons. The molecule has 3 rings (SSSR count). The lowest BCUT2D eigenvalue weighted by molar-refractivity contribution is -0.130. The summed E-state index contributed by atoms with van der Waals surface area (Å²) in [6.45, 7) is 4.74. The molecule has 144 valence electrons. The van der Waals surface area contributed by atoms with Crippen molar-refractivity contribution in [2.75, 3.05) is 26.2 Å². The van der Waals surface area contributed by atoms with Gasteiger partial charge in [-0.1, -0.05) is 24.6 Å². The molecular weight excluding hydrogens is 370 g/mol. The minimum Gasteiger partial charge on any atom is -0.342 e. The van der Waals surface area contributed by atoms with E-state index in [2.05, 4.69) is 4.98 Å². The number of pyridine rings is 1. The first kappa shape index (κ1) is 19.6. The maximum absolute atomic E-state index is 12.6. The molecule has 2 fully saturated rings. The summed E-state index contributed by atoms with van der Waals surface area (Å²) in [5, 5.41) is 0.461. The van der Waals surface area contributed by atoms with Gasteiger partial charge in [-0.2, -0.15) is 4.31 Å². The average Bonchev–Trinajstić information content (AvgIpc) is 3.06. The third-order valence-corrected chi connectivity index (χ3v) is 7.90. The molecule has 3 heterocycles. The van der Waals surface area contributed by atoms with Crippen LogP contribution in [-0.4, -0.2) is 59.9 Å². The van der Waals surface area contributed by atoms with Crippen LogP contribution < -0.4 is 0 Å².